The molecule has 1 aromatic carbocycles. The number of esters is 1. The number of likely N-dealkylation sites (tertiary alicyclic amines) is 1. The second-order valence-electron chi connectivity index (χ2n) is 8.02. The Morgan fingerprint density at radius 2 is 1.90 bits per heavy atom. The number of carbonyl (C=O) groups excluding carboxylic acids is 2. The number of rotatable bonds is 6. The van der Waals surface area contributed by atoms with Crippen LogP contribution in [0.15, 0.2) is 35.3 Å². The third kappa shape index (κ3) is 4.06. The molecule has 0 aliphatic carbocycles. The van der Waals surface area contributed by atoms with Crippen LogP contribution in [-0.2, 0) is 27.9 Å². The molecule has 3 aromatic rings. The van der Waals surface area contributed by atoms with E-state index in [9.17, 15) is 14.4 Å². The highest BCUT2D eigenvalue weighted by Crippen LogP contribution is 2.27. The number of aromatic nitrogens is 3. The monoisotopic (exact) mass is 424 g/mol. The Morgan fingerprint density at radius 3 is 2.65 bits per heavy atom. The first-order valence-corrected chi connectivity index (χ1v) is 10.9. The van der Waals surface area contributed by atoms with Crippen LogP contribution >= 0.6 is 0 Å². The standard InChI is InChI=1S/C23H28N4O4/c1-3-31-23(30)16-10-13-26(14-11-16)20(28)9-6-12-27-19-8-5-4-7-17(19)18-15-24-25(2)22(29)21(18)27/h4-5,7-8,15-16H,3,6,9-14H2,1-2H3. The lowest BCUT2D eigenvalue weighted by atomic mass is 9.97. The van der Waals surface area contributed by atoms with Crippen molar-refractivity contribution in [2.45, 2.75) is 39.2 Å². The number of hydrogen-bond acceptors (Lipinski definition) is 5. The first kappa shape index (κ1) is 21.1. The van der Waals surface area contributed by atoms with Crippen molar-refractivity contribution in [3.05, 3.63) is 40.8 Å². The molecule has 1 amide bonds. The first-order chi connectivity index (χ1) is 15.0. The van der Waals surface area contributed by atoms with Crippen LogP contribution in [0.25, 0.3) is 21.8 Å². The van der Waals surface area contributed by atoms with E-state index in [1.165, 1.54) is 4.68 Å². The SMILES string of the molecule is CCOC(=O)C1CCN(C(=O)CCCn2c3ccccc3c3cnn(C)c(=O)c32)CC1. The van der Waals surface area contributed by atoms with Crippen LogP contribution in [0.2, 0.25) is 0 Å². The predicted octanol–water partition coefficient (Wildman–Crippen LogP) is 2.47. The fourth-order valence-corrected chi connectivity index (χ4v) is 4.45. The molecule has 3 heterocycles. The van der Waals surface area contributed by atoms with Crippen molar-refractivity contribution in [1.29, 1.82) is 0 Å². The highest BCUT2D eigenvalue weighted by molar-refractivity contribution is 6.07. The number of aryl methyl sites for hydroxylation is 2. The average molecular weight is 425 g/mol. The van der Waals surface area contributed by atoms with Crippen LogP contribution in [0.3, 0.4) is 0 Å². The Bertz CT molecular complexity index is 1170. The van der Waals surface area contributed by atoms with E-state index < -0.39 is 0 Å². The van der Waals surface area contributed by atoms with Gasteiger partial charge in [-0.25, -0.2) is 4.68 Å². The maximum atomic E-state index is 12.8. The summed E-state index contributed by atoms with van der Waals surface area (Å²) in [6, 6.07) is 7.90. The molecule has 1 fully saturated rings. The van der Waals surface area contributed by atoms with Crippen molar-refractivity contribution in [2.24, 2.45) is 13.0 Å². The Hall–Kier alpha value is -3.16. The molecule has 0 spiro atoms. The van der Waals surface area contributed by atoms with Gasteiger partial charge in [0.25, 0.3) is 5.56 Å². The third-order valence-electron chi connectivity index (χ3n) is 6.11. The lowest BCUT2D eigenvalue weighted by Crippen LogP contribution is -2.40. The number of hydrogen-bond donors (Lipinski definition) is 0. The van der Waals surface area contributed by atoms with Crippen molar-refractivity contribution in [1.82, 2.24) is 19.2 Å². The van der Waals surface area contributed by atoms with Gasteiger partial charge in [0.15, 0.2) is 0 Å². The van der Waals surface area contributed by atoms with Crippen molar-refractivity contribution in [3.8, 4) is 0 Å². The summed E-state index contributed by atoms with van der Waals surface area (Å²) in [5.41, 5.74) is 1.47. The van der Waals surface area contributed by atoms with Gasteiger partial charge in [0.1, 0.15) is 5.52 Å². The van der Waals surface area contributed by atoms with E-state index in [0.717, 1.165) is 16.3 Å². The molecule has 4 rings (SSSR count). The van der Waals surface area contributed by atoms with Crippen LogP contribution < -0.4 is 5.56 Å². The lowest BCUT2D eigenvalue weighted by molar-refractivity contribution is -0.151. The molecule has 164 valence electrons. The van der Waals surface area contributed by atoms with E-state index in [0.29, 0.717) is 57.4 Å². The highest BCUT2D eigenvalue weighted by atomic mass is 16.5. The molecule has 0 radical (unpaired) electrons. The van der Waals surface area contributed by atoms with E-state index >= 15 is 0 Å². The second kappa shape index (κ2) is 8.91. The largest absolute Gasteiger partial charge is 0.466 e. The van der Waals surface area contributed by atoms with Gasteiger partial charge in [-0.3, -0.25) is 14.4 Å². The zero-order valence-electron chi connectivity index (χ0n) is 18.0. The molecule has 0 saturated carbocycles. The van der Waals surface area contributed by atoms with Crippen molar-refractivity contribution >= 4 is 33.7 Å². The molecule has 1 aliphatic heterocycles. The van der Waals surface area contributed by atoms with Gasteiger partial charge in [-0.05, 0) is 32.3 Å². The number of carbonyl (C=O) groups is 2. The van der Waals surface area contributed by atoms with Crippen LogP contribution in [0.5, 0.6) is 0 Å². The Kier molecular flexibility index (Phi) is 6.06. The second-order valence-corrected chi connectivity index (χ2v) is 8.02. The van der Waals surface area contributed by atoms with Crippen molar-refractivity contribution in [3.63, 3.8) is 0 Å². The summed E-state index contributed by atoms with van der Waals surface area (Å²) in [4.78, 5) is 39.2. The van der Waals surface area contributed by atoms with Gasteiger partial charge in [0.2, 0.25) is 5.91 Å². The molecule has 0 unspecified atom stereocenters. The number of amides is 1. The number of para-hydroxylation sites is 1. The zero-order chi connectivity index (χ0) is 22.0. The van der Waals surface area contributed by atoms with Gasteiger partial charge in [0.05, 0.1) is 18.7 Å². The van der Waals surface area contributed by atoms with Crippen molar-refractivity contribution in [2.75, 3.05) is 19.7 Å². The number of ether oxygens (including phenoxy) is 1. The molecule has 0 bridgehead atoms. The van der Waals surface area contributed by atoms with Crippen LogP contribution in [0.4, 0.5) is 0 Å². The third-order valence-corrected chi connectivity index (χ3v) is 6.11. The van der Waals surface area contributed by atoms with Crippen LogP contribution in [0, 0.1) is 5.92 Å². The molecule has 1 aliphatic rings. The topological polar surface area (TPSA) is 86.4 Å². The molecule has 8 nitrogen and oxygen atoms in total. The first-order valence-electron chi connectivity index (χ1n) is 10.9. The minimum atomic E-state index is -0.156. The summed E-state index contributed by atoms with van der Waals surface area (Å²) in [6.45, 7) is 3.95. The quantitative estimate of drug-likeness (QED) is 0.568. The maximum absolute atomic E-state index is 12.8. The van der Waals surface area contributed by atoms with E-state index in [4.69, 9.17) is 4.74 Å². The number of piperidine rings is 1. The van der Waals surface area contributed by atoms with Gasteiger partial charge in [-0.2, -0.15) is 5.10 Å². The summed E-state index contributed by atoms with van der Waals surface area (Å²) in [6.07, 6.45) is 4.08. The molecule has 1 saturated heterocycles. The van der Waals surface area contributed by atoms with E-state index in [2.05, 4.69) is 5.10 Å². The summed E-state index contributed by atoms with van der Waals surface area (Å²) in [5, 5.41) is 6.00. The molecular weight excluding hydrogens is 396 g/mol. The average Bonchev–Trinajstić information content (AvgIpc) is 3.11. The Morgan fingerprint density at radius 1 is 1.16 bits per heavy atom. The normalized spacial score (nSPS) is 15.0. The summed E-state index contributed by atoms with van der Waals surface area (Å²) >= 11 is 0. The number of benzene rings is 1. The molecule has 2 aromatic heterocycles. The van der Waals surface area contributed by atoms with Crippen molar-refractivity contribution < 1.29 is 14.3 Å². The fourth-order valence-electron chi connectivity index (χ4n) is 4.45. The molecule has 31 heavy (non-hydrogen) atoms. The summed E-state index contributed by atoms with van der Waals surface area (Å²) in [7, 11) is 1.65. The maximum Gasteiger partial charge on any atom is 0.309 e. The summed E-state index contributed by atoms with van der Waals surface area (Å²) < 4.78 is 8.45. The van der Waals surface area contributed by atoms with Gasteiger partial charge in [-0.1, -0.05) is 18.2 Å². The minimum Gasteiger partial charge on any atom is -0.466 e. The molecule has 8 heteroatoms. The van der Waals surface area contributed by atoms with Gasteiger partial charge >= 0.3 is 5.97 Å². The lowest BCUT2D eigenvalue weighted by Gasteiger charge is -2.31. The number of nitrogens with zero attached hydrogens (tertiary/aromatic N) is 4. The zero-order valence-corrected chi connectivity index (χ0v) is 18.0. The van der Waals surface area contributed by atoms with Gasteiger partial charge < -0.3 is 14.2 Å². The smallest absolute Gasteiger partial charge is 0.309 e. The molecule has 0 atom stereocenters. The van der Waals surface area contributed by atoms with E-state index in [1.54, 1.807) is 20.2 Å². The van der Waals surface area contributed by atoms with Gasteiger partial charge in [-0.15, -0.1) is 0 Å². The predicted molar refractivity (Wildman–Crippen MR) is 118 cm³/mol. The summed E-state index contributed by atoms with van der Waals surface area (Å²) in [5.74, 6) is -0.166. The molecular formula is C23H28N4O4. The molecule has 0 N–H and O–H groups in total. The fraction of sp³-hybridized carbons (Fsp3) is 0.478. The van der Waals surface area contributed by atoms with Crippen LogP contribution in [-0.4, -0.2) is 50.8 Å². The van der Waals surface area contributed by atoms with E-state index in [1.807, 2.05) is 33.7 Å². The number of fused-ring (bicyclic) bond motifs is 3. The van der Waals surface area contributed by atoms with Gasteiger partial charge in [0, 0.05) is 49.4 Å². The van der Waals surface area contributed by atoms with E-state index in [-0.39, 0.29) is 23.4 Å². The minimum absolute atomic E-state index is 0.0950. The Balaban J connectivity index is 1.43. The Labute approximate surface area is 180 Å². The highest BCUT2D eigenvalue weighted by Gasteiger charge is 2.28. The van der Waals surface area contributed by atoms with Crippen LogP contribution in [0.1, 0.15) is 32.6 Å².